The van der Waals surface area contributed by atoms with Gasteiger partial charge in [0.15, 0.2) is 6.61 Å². The van der Waals surface area contributed by atoms with Crippen molar-refractivity contribution in [3.8, 4) is 17.6 Å². The minimum Gasteiger partial charge on any atom is -0.483 e. The minimum absolute atomic E-state index is 0.0198. The molecule has 0 saturated heterocycles. The summed E-state index contributed by atoms with van der Waals surface area (Å²) >= 11 is 0. The fraction of sp³-hybridized carbons (Fsp3) is 0.0833. The van der Waals surface area contributed by atoms with Gasteiger partial charge in [-0.2, -0.15) is 13.2 Å². The van der Waals surface area contributed by atoms with Crippen molar-refractivity contribution in [2.24, 2.45) is 0 Å². The molecule has 34 heavy (non-hydrogen) atoms. The van der Waals surface area contributed by atoms with Crippen LogP contribution in [0.1, 0.15) is 11.1 Å². The molecule has 0 bridgehead atoms. The Kier molecular flexibility index (Phi) is 6.38. The SMILES string of the molecule is O=S(=O)(Nc1ccccc1C#Cc1cccnc1)c1ccc(OCC(F)(F)F)c2cccnc12. The number of hydrogen-bond donors (Lipinski definition) is 1. The van der Waals surface area contributed by atoms with Gasteiger partial charge in [-0.15, -0.1) is 0 Å². The number of pyridine rings is 2. The third kappa shape index (κ3) is 5.44. The van der Waals surface area contributed by atoms with Crippen LogP contribution in [0, 0.1) is 11.8 Å². The molecule has 1 N–H and O–H groups in total. The molecule has 0 aliphatic carbocycles. The summed E-state index contributed by atoms with van der Waals surface area (Å²) in [6.07, 6.45) is 0.00859. The Morgan fingerprint density at radius 2 is 1.74 bits per heavy atom. The summed E-state index contributed by atoms with van der Waals surface area (Å²) in [5.74, 6) is 5.72. The Labute approximate surface area is 193 Å². The summed E-state index contributed by atoms with van der Waals surface area (Å²) in [5.41, 5.74) is 1.30. The number of rotatable bonds is 5. The molecule has 172 valence electrons. The molecule has 0 aliphatic heterocycles. The number of sulfonamides is 1. The molecular weight excluding hydrogens is 467 g/mol. The van der Waals surface area contributed by atoms with Crippen LogP contribution in [0.5, 0.6) is 5.75 Å². The second-order valence-corrected chi connectivity index (χ2v) is 8.66. The van der Waals surface area contributed by atoms with Crippen molar-refractivity contribution in [1.82, 2.24) is 9.97 Å². The molecule has 2 aromatic carbocycles. The molecule has 2 heterocycles. The van der Waals surface area contributed by atoms with E-state index in [0.29, 0.717) is 11.1 Å². The van der Waals surface area contributed by atoms with Crippen LogP contribution in [0.3, 0.4) is 0 Å². The van der Waals surface area contributed by atoms with E-state index in [-0.39, 0.29) is 27.2 Å². The minimum atomic E-state index is -4.54. The number of nitrogens with zero attached hydrogens (tertiary/aromatic N) is 2. The van der Waals surface area contributed by atoms with E-state index in [9.17, 15) is 21.6 Å². The molecule has 10 heteroatoms. The number of nitrogens with one attached hydrogen (secondary N) is 1. The van der Waals surface area contributed by atoms with Gasteiger partial charge in [-0.25, -0.2) is 8.42 Å². The van der Waals surface area contributed by atoms with Crippen LogP contribution in [-0.2, 0) is 10.0 Å². The third-order valence-corrected chi connectivity index (χ3v) is 5.95. The molecule has 0 atom stereocenters. The van der Waals surface area contributed by atoms with E-state index < -0.39 is 22.8 Å². The van der Waals surface area contributed by atoms with Crippen LogP contribution < -0.4 is 9.46 Å². The van der Waals surface area contributed by atoms with Crippen LogP contribution in [0.15, 0.2) is 84.1 Å². The monoisotopic (exact) mass is 483 g/mol. The van der Waals surface area contributed by atoms with Gasteiger partial charge in [0.25, 0.3) is 10.0 Å². The number of para-hydroxylation sites is 1. The number of fused-ring (bicyclic) bond motifs is 1. The van der Waals surface area contributed by atoms with Crippen molar-refractivity contribution >= 4 is 26.6 Å². The van der Waals surface area contributed by atoms with Crippen molar-refractivity contribution in [2.75, 3.05) is 11.3 Å². The van der Waals surface area contributed by atoms with Gasteiger partial charge in [-0.3, -0.25) is 14.7 Å². The lowest BCUT2D eigenvalue weighted by molar-refractivity contribution is -0.153. The Balaban J connectivity index is 1.69. The average molecular weight is 483 g/mol. The number of anilines is 1. The smallest absolute Gasteiger partial charge is 0.422 e. The topological polar surface area (TPSA) is 81.2 Å². The largest absolute Gasteiger partial charge is 0.483 e. The predicted molar refractivity (Wildman–Crippen MR) is 121 cm³/mol. The van der Waals surface area contributed by atoms with Crippen molar-refractivity contribution in [1.29, 1.82) is 0 Å². The lowest BCUT2D eigenvalue weighted by Gasteiger charge is -2.14. The van der Waals surface area contributed by atoms with Crippen LogP contribution in [0.2, 0.25) is 0 Å². The Bertz CT molecular complexity index is 1500. The summed E-state index contributed by atoms with van der Waals surface area (Å²) in [6, 6.07) is 15.4. The Hall–Kier alpha value is -4.10. The summed E-state index contributed by atoms with van der Waals surface area (Å²) in [6.45, 7) is -1.51. The van der Waals surface area contributed by atoms with Gasteiger partial charge < -0.3 is 4.74 Å². The first kappa shape index (κ1) is 23.1. The van der Waals surface area contributed by atoms with E-state index >= 15 is 0 Å². The molecule has 0 spiro atoms. The number of benzene rings is 2. The molecule has 2 aromatic heterocycles. The maximum absolute atomic E-state index is 13.2. The summed E-state index contributed by atoms with van der Waals surface area (Å²) < 4.78 is 71.6. The van der Waals surface area contributed by atoms with Crippen LogP contribution in [0.25, 0.3) is 10.9 Å². The molecule has 0 aliphatic rings. The highest BCUT2D eigenvalue weighted by atomic mass is 32.2. The first-order chi connectivity index (χ1) is 16.2. The van der Waals surface area contributed by atoms with E-state index in [1.165, 1.54) is 24.4 Å². The second kappa shape index (κ2) is 9.41. The fourth-order valence-electron chi connectivity index (χ4n) is 3.08. The number of hydrogen-bond acceptors (Lipinski definition) is 5. The summed E-state index contributed by atoms with van der Waals surface area (Å²) in [5, 5.41) is 0.138. The van der Waals surface area contributed by atoms with E-state index in [1.807, 2.05) is 0 Å². The number of ether oxygens (including phenoxy) is 1. The van der Waals surface area contributed by atoms with Crippen molar-refractivity contribution < 1.29 is 26.3 Å². The zero-order valence-electron chi connectivity index (χ0n) is 17.4. The lowest BCUT2D eigenvalue weighted by atomic mass is 10.2. The van der Waals surface area contributed by atoms with Crippen LogP contribution in [-0.4, -0.2) is 31.2 Å². The maximum atomic E-state index is 13.2. The van der Waals surface area contributed by atoms with Crippen LogP contribution in [0.4, 0.5) is 18.9 Å². The molecule has 0 fully saturated rings. The highest BCUT2D eigenvalue weighted by molar-refractivity contribution is 7.93. The van der Waals surface area contributed by atoms with E-state index in [0.717, 1.165) is 6.07 Å². The van der Waals surface area contributed by atoms with Gasteiger partial charge >= 0.3 is 6.18 Å². The zero-order chi connectivity index (χ0) is 24.2. The lowest BCUT2D eigenvalue weighted by Crippen LogP contribution is -2.19. The maximum Gasteiger partial charge on any atom is 0.422 e. The van der Waals surface area contributed by atoms with E-state index in [4.69, 9.17) is 4.74 Å². The van der Waals surface area contributed by atoms with Gasteiger partial charge in [-0.05, 0) is 48.5 Å². The Morgan fingerprint density at radius 1 is 0.941 bits per heavy atom. The fourth-order valence-corrected chi connectivity index (χ4v) is 4.32. The van der Waals surface area contributed by atoms with Crippen LogP contribution >= 0.6 is 0 Å². The normalized spacial score (nSPS) is 11.5. The third-order valence-electron chi connectivity index (χ3n) is 4.55. The molecule has 0 saturated carbocycles. The second-order valence-electron chi connectivity index (χ2n) is 7.01. The molecule has 4 rings (SSSR count). The van der Waals surface area contributed by atoms with Crippen molar-refractivity contribution in [3.05, 3.63) is 90.4 Å². The highest BCUT2D eigenvalue weighted by Crippen LogP contribution is 2.32. The predicted octanol–water partition coefficient (Wildman–Crippen LogP) is 4.77. The van der Waals surface area contributed by atoms with Gasteiger partial charge in [-0.1, -0.05) is 24.0 Å². The molecular formula is C24H16F3N3O3S. The number of halogens is 3. The quantitative estimate of drug-likeness (QED) is 0.414. The number of aromatic nitrogens is 2. The van der Waals surface area contributed by atoms with E-state index in [2.05, 4.69) is 26.5 Å². The van der Waals surface area contributed by atoms with Gasteiger partial charge in [0.05, 0.1) is 11.2 Å². The summed E-state index contributed by atoms with van der Waals surface area (Å²) in [4.78, 5) is 7.85. The molecule has 4 aromatic rings. The average Bonchev–Trinajstić information content (AvgIpc) is 2.82. The molecule has 0 amide bonds. The molecule has 0 radical (unpaired) electrons. The first-order valence-electron chi connectivity index (χ1n) is 9.84. The molecule has 6 nitrogen and oxygen atoms in total. The highest BCUT2D eigenvalue weighted by Gasteiger charge is 2.29. The molecule has 0 unspecified atom stereocenters. The zero-order valence-corrected chi connectivity index (χ0v) is 18.2. The van der Waals surface area contributed by atoms with Gasteiger partial charge in [0.1, 0.15) is 10.6 Å². The number of alkyl halides is 3. The van der Waals surface area contributed by atoms with E-state index in [1.54, 1.807) is 48.8 Å². The van der Waals surface area contributed by atoms with Gasteiger partial charge in [0.2, 0.25) is 0 Å². The van der Waals surface area contributed by atoms with Crippen molar-refractivity contribution in [3.63, 3.8) is 0 Å². The standard InChI is InChI=1S/C24H16F3N3O3S/c25-24(26,27)16-33-21-11-12-22(23-19(21)7-4-14-29-23)34(31,32)30-20-8-2-1-6-18(20)10-9-17-5-3-13-28-15-17/h1-8,11-15,30H,16H2. The van der Waals surface area contributed by atoms with Gasteiger partial charge in [0, 0.05) is 35.1 Å². The first-order valence-corrected chi connectivity index (χ1v) is 11.3. The van der Waals surface area contributed by atoms with Crippen molar-refractivity contribution in [2.45, 2.75) is 11.1 Å². The Morgan fingerprint density at radius 3 is 2.50 bits per heavy atom. The summed E-state index contributed by atoms with van der Waals surface area (Å²) in [7, 11) is -4.18.